The largest absolute Gasteiger partial charge is 0.375 e. The highest BCUT2D eigenvalue weighted by molar-refractivity contribution is 5.61. The molecule has 0 heterocycles. The van der Waals surface area contributed by atoms with E-state index in [1.807, 2.05) is 0 Å². The molecule has 0 amide bonds. The minimum Gasteiger partial charge on any atom is -0.375 e. The molecule has 6 heteroatoms. The van der Waals surface area contributed by atoms with Crippen LogP contribution in [0.5, 0.6) is 0 Å². The van der Waals surface area contributed by atoms with Crippen molar-refractivity contribution in [1.82, 2.24) is 0 Å². The lowest BCUT2D eigenvalue weighted by Crippen LogP contribution is -2.29. The van der Waals surface area contributed by atoms with Crippen LogP contribution in [0.2, 0.25) is 0 Å². The lowest BCUT2D eigenvalue weighted by atomic mass is 10.1. The van der Waals surface area contributed by atoms with Gasteiger partial charge in [0.05, 0.1) is 4.92 Å². The topological polar surface area (TPSA) is 81.2 Å². The lowest BCUT2D eigenvalue weighted by Gasteiger charge is -2.17. The van der Waals surface area contributed by atoms with Crippen LogP contribution in [0, 0.1) is 15.9 Å². The first-order valence-corrected chi connectivity index (χ1v) is 5.99. The van der Waals surface area contributed by atoms with E-state index in [1.54, 1.807) is 0 Å². The molecule has 1 aromatic carbocycles. The second-order valence-corrected chi connectivity index (χ2v) is 4.14. The predicted molar refractivity (Wildman–Crippen MR) is 69.0 cm³/mol. The van der Waals surface area contributed by atoms with Crippen molar-refractivity contribution in [3.63, 3.8) is 0 Å². The van der Waals surface area contributed by atoms with Crippen molar-refractivity contribution < 1.29 is 9.31 Å². The molecule has 5 nitrogen and oxygen atoms in total. The van der Waals surface area contributed by atoms with Crippen molar-refractivity contribution in [1.29, 1.82) is 0 Å². The van der Waals surface area contributed by atoms with Crippen LogP contribution in [-0.4, -0.2) is 17.5 Å². The summed E-state index contributed by atoms with van der Waals surface area (Å²) >= 11 is 0. The second kappa shape index (κ2) is 6.90. The molecule has 1 rings (SSSR count). The number of rotatable bonds is 7. The molecular formula is C12H18FN3O2. The zero-order valence-electron chi connectivity index (χ0n) is 10.4. The number of anilines is 1. The van der Waals surface area contributed by atoms with Crippen molar-refractivity contribution >= 4 is 11.4 Å². The molecule has 0 aromatic heterocycles. The summed E-state index contributed by atoms with van der Waals surface area (Å²) < 4.78 is 13.1. The number of nitrogens with one attached hydrogen (secondary N) is 1. The van der Waals surface area contributed by atoms with Crippen molar-refractivity contribution in [3.8, 4) is 0 Å². The van der Waals surface area contributed by atoms with Gasteiger partial charge in [-0.25, -0.2) is 4.39 Å². The van der Waals surface area contributed by atoms with E-state index in [-0.39, 0.29) is 17.4 Å². The van der Waals surface area contributed by atoms with Gasteiger partial charge in [0.2, 0.25) is 0 Å². The summed E-state index contributed by atoms with van der Waals surface area (Å²) in [6.07, 6.45) is 2.79. The number of hydrogen-bond acceptors (Lipinski definition) is 4. The van der Waals surface area contributed by atoms with Crippen LogP contribution in [-0.2, 0) is 0 Å². The molecule has 100 valence electrons. The Kier molecular flexibility index (Phi) is 5.51. The third-order valence-electron chi connectivity index (χ3n) is 2.71. The maximum absolute atomic E-state index is 13.1. The SMILES string of the molecule is CCCCC(CN)Nc1cc(F)ccc1[N+](=O)[O-]. The standard InChI is InChI=1S/C12H18FN3O2/c1-2-3-4-10(8-14)15-11-7-9(13)5-6-12(11)16(17)18/h5-7,10,15H,2-4,8,14H2,1H3. The molecule has 1 aromatic rings. The molecule has 0 saturated heterocycles. The molecule has 0 spiro atoms. The summed E-state index contributed by atoms with van der Waals surface area (Å²) in [7, 11) is 0. The Morgan fingerprint density at radius 1 is 1.56 bits per heavy atom. The monoisotopic (exact) mass is 255 g/mol. The highest BCUT2D eigenvalue weighted by Gasteiger charge is 2.17. The molecule has 0 bridgehead atoms. The third-order valence-corrected chi connectivity index (χ3v) is 2.71. The maximum Gasteiger partial charge on any atom is 0.292 e. The Hall–Kier alpha value is -1.69. The van der Waals surface area contributed by atoms with Gasteiger partial charge in [0.1, 0.15) is 11.5 Å². The summed E-state index contributed by atoms with van der Waals surface area (Å²) in [5, 5.41) is 13.8. The van der Waals surface area contributed by atoms with Crippen molar-refractivity contribution in [2.24, 2.45) is 5.73 Å². The van der Waals surface area contributed by atoms with Crippen LogP contribution in [0.1, 0.15) is 26.2 Å². The van der Waals surface area contributed by atoms with Gasteiger partial charge in [0.25, 0.3) is 5.69 Å². The van der Waals surface area contributed by atoms with E-state index in [4.69, 9.17) is 5.73 Å². The number of benzene rings is 1. The first kappa shape index (κ1) is 14.4. The molecular weight excluding hydrogens is 237 g/mol. The van der Waals surface area contributed by atoms with E-state index >= 15 is 0 Å². The van der Waals surface area contributed by atoms with Gasteiger partial charge in [-0.15, -0.1) is 0 Å². The number of unbranched alkanes of at least 4 members (excludes halogenated alkanes) is 1. The van der Waals surface area contributed by atoms with Crippen molar-refractivity contribution in [2.45, 2.75) is 32.2 Å². The lowest BCUT2D eigenvalue weighted by molar-refractivity contribution is -0.384. The predicted octanol–water partition coefficient (Wildman–Crippen LogP) is 2.66. The molecule has 1 atom stereocenters. The summed E-state index contributed by atoms with van der Waals surface area (Å²) in [5.41, 5.74) is 5.65. The smallest absolute Gasteiger partial charge is 0.292 e. The first-order valence-electron chi connectivity index (χ1n) is 5.99. The average Bonchev–Trinajstić information content (AvgIpc) is 2.34. The van der Waals surface area contributed by atoms with Crippen LogP contribution >= 0.6 is 0 Å². The van der Waals surface area contributed by atoms with Gasteiger partial charge in [-0.1, -0.05) is 19.8 Å². The zero-order valence-corrected chi connectivity index (χ0v) is 10.4. The van der Waals surface area contributed by atoms with E-state index in [2.05, 4.69) is 12.2 Å². The molecule has 0 aliphatic heterocycles. The summed E-state index contributed by atoms with van der Waals surface area (Å²) in [6.45, 7) is 2.41. The summed E-state index contributed by atoms with van der Waals surface area (Å²) in [5.74, 6) is -0.505. The summed E-state index contributed by atoms with van der Waals surface area (Å²) in [6, 6.07) is 3.29. The Bertz CT molecular complexity index is 412. The molecule has 0 aliphatic carbocycles. The Balaban J connectivity index is 2.86. The van der Waals surface area contributed by atoms with Crippen LogP contribution in [0.4, 0.5) is 15.8 Å². The normalized spacial score (nSPS) is 12.2. The van der Waals surface area contributed by atoms with E-state index in [0.29, 0.717) is 6.54 Å². The van der Waals surface area contributed by atoms with Crippen LogP contribution in [0.15, 0.2) is 18.2 Å². The van der Waals surface area contributed by atoms with E-state index in [9.17, 15) is 14.5 Å². The van der Waals surface area contributed by atoms with Gasteiger partial charge in [-0.2, -0.15) is 0 Å². The van der Waals surface area contributed by atoms with E-state index < -0.39 is 10.7 Å². The Labute approximate surface area is 105 Å². The van der Waals surface area contributed by atoms with Crippen LogP contribution in [0.3, 0.4) is 0 Å². The van der Waals surface area contributed by atoms with Gasteiger partial charge < -0.3 is 11.1 Å². The van der Waals surface area contributed by atoms with Gasteiger partial charge >= 0.3 is 0 Å². The Morgan fingerprint density at radius 2 is 2.28 bits per heavy atom. The quantitative estimate of drug-likeness (QED) is 0.579. The van der Waals surface area contributed by atoms with Crippen LogP contribution < -0.4 is 11.1 Å². The first-order chi connectivity index (χ1) is 8.58. The highest BCUT2D eigenvalue weighted by atomic mass is 19.1. The number of nitrogens with two attached hydrogens (primary N) is 1. The van der Waals surface area contributed by atoms with Gasteiger partial charge in [-0.05, 0) is 12.5 Å². The Morgan fingerprint density at radius 3 is 2.83 bits per heavy atom. The van der Waals surface area contributed by atoms with E-state index in [1.165, 1.54) is 0 Å². The maximum atomic E-state index is 13.1. The molecule has 0 saturated carbocycles. The van der Waals surface area contributed by atoms with Crippen molar-refractivity contribution in [2.75, 3.05) is 11.9 Å². The molecule has 0 fully saturated rings. The number of halogens is 1. The molecule has 3 N–H and O–H groups in total. The number of nitro benzene ring substituents is 1. The van der Waals surface area contributed by atoms with E-state index in [0.717, 1.165) is 37.5 Å². The molecule has 0 aliphatic rings. The number of nitro groups is 1. The molecule has 0 radical (unpaired) electrons. The second-order valence-electron chi connectivity index (χ2n) is 4.14. The average molecular weight is 255 g/mol. The highest BCUT2D eigenvalue weighted by Crippen LogP contribution is 2.26. The number of nitrogens with zero attached hydrogens (tertiary/aromatic N) is 1. The minimum absolute atomic E-state index is 0.0783. The van der Waals surface area contributed by atoms with Gasteiger partial charge in [0.15, 0.2) is 0 Å². The van der Waals surface area contributed by atoms with Gasteiger partial charge in [-0.3, -0.25) is 10.1 Å². The zero-order chi connectivity index (χ0) is 13.5. The fourth-order valence-electron chi connectivity index (χ4n) is 1.70. The third kappa shape index (κ3) is 3.96. The molecule has 1 unspecified atom stereocenters. The fraction of sp³-hybridized carbons (Fsp3) is 0.500. The summed E-state index contributed by atoms with van der Waals surface area (Å²) in [4.78, 5) is 10.3. The molecule has 18 heavy (non-hydrogen) atoms. The minimum atomic E-state index is -0.533. The van der Waals surface area contributed by atoms with Crippen molar-refractivity contribution in [3.05, 3.63) is 34.1 Å². The fourth-order valence-corrected chi connectivity index (χ4v) is 1.70. The number of hydrogen-bond donors (Lipinski definition) is 2. The van der Waals surface area contributed by atoms with Crippen LogP contribution in [0.25, 0.3) is 0 Å². The van der Waals surface area contributed by atoms with Gasteiger partial charge in [0, 0.05) is 24.7 Å².